The molecule has 0 saturated carbocycles. The molecule has 3 atom stereocenters. The normalized spacial score (nSPS) is 17.7. The largest absolute Gasteiger partial charge is 0.465 e. The van der Waals surface area contributed by atoms with Gasteiger partial charge in [-0.25, -0.2) is 19.1 Å². The first-order valence-electron chi connectivity index (χ1n) is 15.5. The molecule has 0 bridgehead atoms. The quantitative estimate of drug-likeness (QED) is 0.125. The number of carbonyl (C=O) groups is 2. The van der Waals surface area contributed by atoms with Crippen LogP contribution in [0.3, 0.4) is 0 Å². The third kappa shape index (κ3) is 8.89. The van der Waals surface area contributed by atoms with Crippen LogP contribution in [-0.2, 0) is 32.2 Å². The molecular weight excluding hydrogens is 767 g/mol. The van der Waals surface area contributed by atoms with Crippen molar-refractivity contribution in [2.45, 2.75) is 37.5 Å². The molecule has 20 heteroatoms. The summed E-state index contributed by atoms with van der Waals surface area (Å²) in [4.78, 5) is 46.0. The monoisotopic (exact) mass is 791 g/mol. The lowest BCUT2D eigenvalue weighted by Gasteiger charge is -2.22. The average Bonchev–Trinajstić information content (AvgIpc) is 3.69. The number of carbonyl (C=O) groups excluding carboxylic acids is 2. The average molecular weight is 793 g/mol. The molecule has 6 rings (SSSR count). The Labute approximate surface area is 312 Å². The predicted octanol–water partition coefficient (Wildman–Crippen LogP) is 5.17. The summed E-state index contributed by atoms with van der Waals surface area (Å²) >= 11 is 17.6. The van der Waals surface area contributed by atoms with Crippen molar-refractivity contribution in [3.63, 3.8) is 0 Å². The SMILES string of the molecule is O=C(COc1nc(Cl)c(Cl)cc1Cl)OCC1O[C@@H](n2cc(-c3cn(Cc4ccccc4)nn3)c(NC(=O)OCc3ccccc3)nc2=O)C(F)(F)C1O. The van der Waals surface area contributed by atoms with Crippen LogP contribution in [-0.4, -0.2) is 78.0 Å². The van der Waals surface area contributed by atoms with Crippen LogP contribution in [0.1, 0.15) is 17.4 Å². The number of anilines is 1. The minimum Gasteiger partial charge on any atom is -0.465 e. The molecule has 276 valence electrons. The highest BCUT2D eigenvalue weighted by atomic mass is 35.5. The first-order valence-corrected chi connectivity index (χ1v) is 16.6. The van der Waals surface area contributed by atoms with Crippen LogP contribution in [0.2, 0.25) is 15.2 Å². The second-order valence-electron chi connectivity index (χ2n) is 11.3. The number of halogens is 5. The fourth-order valence-corrected chi connectivity index (χ4v) is 5.57. The molecule has 1 fully saturated rings. The van der Waals surface area contributed by atoms with E-state index in [0.29, 0.717) is 10.1 Å². The van der Waals surface area contributed by atoms with Gasteiger partial charge in [-0.1, -0.05) is 101 Å². The molecule has 4 heterocycles. The fraction of sp³-hybridized carbons (Fsp3) is 0.242. The standard InChI is InChI=1S/C33H26Cl3F2N7O8/c34-21-11-22(35)29(39-27(21)36)51-17-25(46)50-16-24-26(47)33(37,38)30(53-24)45-13-20(23-14-44(43-42-23)12-18-7-3-1-4-8-18)28(40-31(45)48)41-32(49)52-15-19-9-5-2-6-10-19/h1-11,13-14,24,26,30,47H,12,15-17H2,(H,40,41,48,49)/t24?,26?,30-/m1/s1. The number of hydrogen-bond acceptors (Lipinski definition) is 12. The van der Waals surface area contributed by atoms with Crippen LogP contribution in [0, 0.1) is 0 Å². The number of pyridine rings is 1. The number of benzene rings is 2. The van der Waals surface area contributed by atoms with Crippen molar-refractivity contribution in [3.8, 4) is 17.1 Å². The van der Waals surface area contributed by atoms with E-state index in [1.807, 2.05) is 30.3 Å². The molecule has 1 aliphatic heterocycles. The number of nitrogens with one attached hydrogen (secondary N) is 1. The van der Waals surface area contributed by atoms with Gasteiger partial charge in [-0.3, -0.25) is 9.88 Å². The van der Waals surface area contributed by atoms with Crippen LogP contribution in [0.5, 0.6) is 5.88 Å². The van der Waals surface area contributed by atoms with Gasteiger partial charge in [0.25, 0.3) is 0 Å². The maximum absolute atomic E-state index is 15.6. The summed E-state index contributed by atoms with van der Waals surface area (Å²) in [6, 6.07) is 19.2. The number of aliphatic hydroxyl groups excluding tert-OH is 1. The maximum atomic E-state index is 15.6. The summed E-state index contributed by atoms with van der Waals surface area (Å²) in [6.45, 7) is -1.48. The molecular formula is C33H26Cl3F2N7O8. The smallest absolute Gasteiger partial charge is 0.413 e. The fourth-order valence-electron chi connectivity index (χ4n) is 5.03. The Hall–Kier alpha value is -5.20. The number of ether oxygens (including phenoxy) is 4. The molecule has 0 radical (unpaired) electrons. The Kier molecular flexibility index (Phi) is 11.5. The zero-order valence-corrected chi connectivity index (χ0v) is 29.2. The number of nitrogens with zero attached hydrogens (tertiary/aromatic N) is 6. The first-order chi connectivity index (χ1) is 25.4. The lowest BCUT2D eigenvalue weighted by Crippen LogP contribution is -2.42. The summed E-state index contributed by atoms with van der Waals surface area (Å²) < 4.78 is 53.8. The minimum atomic E-state index is -4.11. The summed E-state index contributed by atoms with van der Waals surface area (Å²) in [5.74, 6) is -5.79. The van der Waals surface area contributed by atoms with E-state index in [0.717, 1.165) is 11.8 Å². The highest BCUT2D eigenvalue weighted by molar-refractivity contribution is 6.42. The predicted molar refractivity (Wildman–Crippen MR) is 184 cm³/mol. The van der Waals surface area contributed by atoms with E-state index < -0.39 is 55.3 Å². The van der Waals surface area contributed by atoms with Gasteiger partial charge in [-0.2, -0.15) is 18.7 Å². The third-order valence-electron chi connectivity index (χ3n) is 7.61. The lowest BCUT2D eigenvalue weighted by atomic mass is 10.1. The molecule has 0 aliphatic carbocycles. The molecule has 3 aromatic heterocycles. The van der Waals surface area contributed by atoms with Gasteiger partial charge in [0.15, 0.2) is 23.7 Å². The van der Waals surface area contributed by atoms with Crippen LogP contribution >= 0.6 is 34.8 Å². The number of aromatic nitrogens is 6. The number of esters is 1. The van der Waals surface area contributed by atoms with Crippen molar-refractivity contribution in [1.82, 2.24) is 29.5 Å². The van der Waals surface area contributed by atoms with Gasteiger partial charge in [0.1, 0.15) is 30.0 Å². The van der Waals surface area contributed by atoms with E-state index in [4.69, 9.17) is 53.8 Å². The molecule has 1 aliphatic rings. The van der Waals surface area contributed by atoms with Crippen molar-refractivity contribution in [2.24, 2.45) is 0 Å². The Morgan fingerprint density at radius 2 is 1.66 bits per heavy atom. The highest BCUT2D eigenvalue weighted by Gasteiger charge is 2.60. The molecule has 15 nitrogen and oxygen atoms in total. The van der Waals surface area contributed by atoms with E-state index in [1.165, 1.54) is 16.9 Å². The number of aliphatic hydroxyl groups is 1. The Balaban J connectivity index is 1.21. The Morgan fingerprint density at radius 3 is 2.38 bits per heavy atom. The lowest BCUT2D eigenvalue weighted by molar-refractivity contribution is -0.152. The van der Waals surface area contributed by atoms with Crippen LogP contribution in [0.4, 0.5) is 19.4 Å². The summed E-state index contributed by atoms with van der Waals surface area (Å²) in [5.41, 5.74) is 0.171. The van der Waals surface area contributed by atoms with E-state index in [-0.39, 0.29) is 51.3 Å². The van der Waals surface area contributed by atoms with Gasteiger partial charge >= 0.3 is 23.7 Å². The molecule has 2 unspecified atom stereocenters. The van der Waals surface area contributed by atoms with Crippen LogP contribution in [0.15, 0.2) is 83.9 Å². The van der Waals surface area contributed by atoms with E-state index in [1.54, 1.807) is 30.3 Å². The second kappa shape index (κ2) is 16.2. The topological polar surface area (TPSA) is 182 Å². The van der Waals surface area contributed by atoms with Crippen LogP contribution < -0.4 is 15.7 Å². The summed E-state index contributed by atoms with van der Waals surface area (Å²) in [5, 5.41) is 20.9. The van der Waals surface area contributed by atoms with Gasteiger partial charge in [0.05, 0.1) is 23.3 Å². The van der Waals surface area contributed by atoms with Crippen molar-refractivity contribution >= 4 is 52.7 Å². The van der Waals surface area contributed by atoms with Crippen molar-refractivity contribution in [2.75, 3.05) is 18.5 Å². The number of amides is 1. The zero-order chi connectivity index (χ0) is 37.7. The molecule has 5 aromatic rings. The minimum absolute atomic E-state index is 0.0319. The Morgan fingerprint density at radius 1 is 0.962 bits per heavy atom. The van der Waals surface area contributed by atoms with E-state index in [9.17, 15) is 19.5 Å². The molecule has 2 aromatic carbocycles. The second-order valence-corrected chi connectivity index (χ2v) is 12.5. The van der Waals surface area contributed by atoms with E-state index >= 15 is 8.78 Å². The number of hydrogen-bond donors (Lipinski definition) is 2. The van der Waals surface area contributed by atoms with Crippen molar-refractivity contribution < 1.29 is 42.4 Å². The maximum Gasteiger partial charge on any atom is 0.413 e. The van der Waals surface area contributed by atoms with Crippen molar-refractivity contribution in [1.29, 1.82) is 0 Å². The summed E-state index contributed by atoms with van der Waals surface area (Å²) in [7, 11) is 0. The molecule has 0 spiro atoms. The van der Waals surface area contributed by atoms with Crippen molar-refractivity contribution in [3.05, 3.63) is 116 Å². The molecule has 53 heavy (non-hydrogen) atoms. The van der Waals surface area contributed by atoms with Gasteiger partial charge in [0.2, 0.25) is 12.1 Å². The third-order valence-corrected chi connectivity index (χ3v) is 8.55. The molecule has 1 amide bonds. The van der Waals surface area contributed by atoms with Gasteiger partial charge in [-0.05, 0) is 17.2 Å². The first kappa shape index (κ1) is 37.6. The van der Waals surface area contributed by atoms with Gasteiger partial charge in [0, 0.05) is 6.20 Å². The Bertz CT molecular complexity index is 2160. The van der Waals surface area contributed by atoms with Gasteiger partial charge < -0.3 is 24.1 Å². The van der Waals surface area contributed by atoms with Crippen LogP contribution in [0.25, 0.3) is 11.3 Å². The molecule has 2 N–H and O–H groups in total. The highest BCUT2D eigenvalue weighted by Crippen LogP contribution is 2.43. The van der Waals surface area contributed by atoms with E-state index in [2.05, 4.69) is 25.6 Å². The number of rotatable bonds is 12. The number of alkyl halides is 2. The summed E-state index contributed by atoms with van der Waals surface area (Å²) in [6.07, 6.45) is -5.40. The van der Waals surface area contributed by atoms with Gasteiger partial charge in [-0.15, -0.1) is 5.10 Å². The zero-order valence-electron chi connectivity index (χ0n) is 26.9. The molecule has 1 saturated heterocycles.